The van der Waals surface area contributed by atoms with Crippen LogP contribution in [-0.4, -0.2) is 35.3 Å². The summed E-state index contributed by atoms with van der Waals surface area (Å²) in [6.07, 6.45) is 0.824. The topological polar surface area (TPSA) is 89.7 Å². The molecule has 2 amide bonds. The molecule has 0 saturated carbocycles. The van der Waals surface area contributed by atoms with Gasteiger partial charge in [0.15, 0.2) is 0 Å². The second-order valence-corrected chi connectivity index (χ2v) is 4.95. The zero-order chi connectivity index (χ0) is 15.6. The predicted molar refractivity (Wildman–Crippen MR) is 75.3 cm³/mol. The van der Waals surface area contributed by atoms with Gasteiger partial charge in [0.25, 0.3) is 11.8 Å². The highest BCUT2D eigenvalue weighted by Crippen LogP contribution is 2.22. The van der Waals surface area contributed by atoms with Crippen LogP contribution in [0, 0.1) is 0 Å². The van der Waals surface area contributed by atoms with Gasteiger partial charge in [-0.2, -0.15) is 0 Å². The molecule has 2 rings (SSSR count). The van der Waals surface area contributed by atoms with E-state index in [2.05, 4.69) is 0 Å². The second-order valence-electron chi connectivity index (χ2n) is 4.95. The fourth-order valence-electron chi connectivity index (χ4n) is 2.03. The molecule has 0 bridgehead atoms. The molecule has 0 aliphatic carbocycles. The van der Waals surface area contributed by atoms with Crippen molar-refractivity contribution in [2.45, 2.75) is 20.0 Å². The van der Waals surface area contributed by atoms with Crippen molar-refractivity contribution >= 4 is 17.8 Å². The summed E-state index contributed by atoms with van der Waals surface area (Å²) in [5.41, 5.74) is 6.49. The van der Waals surface area contributed by atoms with Gasteiger partial charge in [-0.3, -0.25) is 14.5 Å². The quantitative estimate of drug-likeness (QED) is 0.508. The normalized spacial score (nSPS) is 14.6. The Balaban J connectivity index is 2.11. The summed E-state index contributed by atoms with van der Waals surface area (Å²) in [5.74, 6) is -1.42. The van der Waals surface area contributed by atoms with Crippen LogP contribution in [0.4, 0.5) is 0 Å². The molecular weight excluding hydrogens is 272 g/mol. The van der Waals surface area contributed by atoms with Gasteiger partial charge in [0.1, 0.15) is 0 Å². The van der Waals surface area contributed by atoms with E-state index in [-0.39, 0.29) is 18.3 Å². The van der Waals surface area contributed by atoms with Crippen molar-refractivity contribution in [2.75, 3.05) is 6.54 Å². The van der Waals surface area contributed by atoms with E-state index in [0.717, 1.165) is 11.0 Å². The van der Waals surface area contributed by atoms with Crippen LogP contribution < -0.4 is 5.73 Å². The van der Waals surface area contributed by atoms with E-state index in [1.54, 1.807) is 38.1 Å². The third kappa shape index (κ3) is 3.10. The van der Waals surface area contributed by atoms with Crippen LogP contribution in [0.1, 0.15) is 34.6 Å². The van der Waals surface area contributed by atoms with Crippen molar-refractivity contribution in [1.29, 1.82) is 0 Å². The predicted octanol–water partition coefficient (Wildman–Crippen LogP) is 1.08. The lowest BCUT2D eigenvalue weighted by Crippen LogP contribution is -2.33. The summed E-state index contributed by atoms with van der Waals surface area (Å²) in [6.45, 7) is 3.29. The molecule has 6 nitrogen and oxygen atoms in total. The Bertz CT molecular complexity index is 599. The third-order valence-corrected chi connectivity index (χ3v) is 2.87. The highest BCUT2D eigenvalue weighted by Gasteiger charge is 2.35. The Hall–Kier alpha value is -2.63. The van der Waals surface area contributed by atoms with Gasteiger partial charge in [-0.15, -0.1) is 0 Å². The van der Waals surface area contributed by atoms with Crippen molar-refractivity contribution in [3.8, 4) is 0 Å². The summed E-state index contributed by atoms with van der Waals surface area (Å²) >= 11 is 0. The first-order valence-electron chi connectivity index (χ1n) is 6.52. The number of ether oxygens (including phenoxy) is 1. The number of amides is 2. The first kappa shape index (κ1) is 14.8. The lowest BCUT2D eigenvalue weighted by atomic mass is 10.1. The molecule has 0 aromatic heterocycles. The Labute approximate surface area is 122 Å². The number of carbonyl (C=O) groups excluding carboxylic acids is 3. The lowest BCUT2D eigenvalue weighted by molar-refractivity contribution is -0.141. The van der Waals surface area contributed by atoms with Crippen molar-refractivity contribution in [3.63, 3.8) is 0 Å². The summed E-state index contributed by atoms with van der Waals surface area (Å²) in [7, 11) is 0. The third-order valence-electron chi connectivity index (χ3n) is 2.87. The van der Waals surface area contributed by atoms with Crippen molar-refractivity contribution in [2.24, 2.45) is 5.73 Å². The van der Waals surface area contributed by atoms with E-state index in [9.17, 15) is 14.4 Å². The van der Waals surface area contributed by atoms with Gasteiger partial charge in [0, 0.05) is 11.8 Å². The molecule has 0 unspecified atom stereocenters. The van der Waals surface area contributed by atoms with Gasteiger partial charge in [0.2, 0.25) is 0 Å². The fourth-order valence-corrected chi connectivity index (χ4v) is 2.03. The maximum Gasteiger partial charge on any atom is 0.332 e. The summed E-state index contributed by atoms with van der Waals surface area (Å²) < 4.78 is 4.92. The van der Waals surface area contributed by atoms with Crippen LogP contribution in [-0.2, 0) is 9.53 Å². The van der Waals surface area contributed by atoms with Gasteiger partial charge >= 0.3 is 5.97 Å². The maximum atomic E-state index is 12.1. The number of rotatable bonds is 4. The van der Waals surface area contributed by atoms with E-state index in [1.807, 2.05) is 0 Å². The number of nitrogens with zero attached hydrogens (tertiary/aromatic N) is 1. The Morgan fingerprint density at radius 2 is 1.76 bits per heavy atom. The van der Waals surface area contributed by atoms with Gasteiger partial charge in [-0.05, 0) is 26.0 Å². The largest absolute Gasteiger partial charge is 0.460 e. The minimum absolute atomic E-state index is 0.0927. The van der Waals surface area contributed by atoms with Crippen molar-refractivity contribution in [3.05, 3.63) is 47.2 Å². The van der Waals surface area contributed by atoms with Crippen molar-refractivity contribution in [1.82, 2.24) is 4.90 Å². The standard InChI is InChI=1S/C15H16N2O4/c1-9(2)21-13(18)7-10(16)8-17-14(19)11-5-3-4-6-12(11)15(17)20/h3-7,9H,8,16H2,1-2H3. The summed E-state index contributed by atoms with van der Waals surface area (Å²) in [6, 6.07) is 6.55. The number of fused-ring (bicyclic) bond motifs is 1. The Kier molecular flexibility index (Phi) is 4.07. The van der Waals surface area contributed by atoms with E-state index in [4.69, 9.17) is 10.5 Å². The molecule has 21 heavy (non-hydrogen) atoms. The van der Waals surface area contributed by atoms with E-state index in [0.29, 0.717) is 11.1 Å². The van der Waals surface area contributed by atoms with Gasteiger partial charge < -0.3 is 10.5 Å². The zero-order valence-corrected chi connectivity index (χ0v) is 11.8. The van der Waals surface area contributed by atoms with Crippen LogP contribution >= 0.6 is 0 Å². The molecule has 0 spiro atoms. The number of imide groups is 1. The molecule has 1 aromatic rings. The first-order valence-corrected chi connectivity index (χ1v) is 6.52. The molecule has 6 heteroatoms. The van der Waals surface area contributed by atoms with Gasteiger partial charge in [0.05, 0.1) is 23.8 Å². The maximum absolute atomic E-state index is 12.1. The highest BCUT2D eigenvalue weighted by molar-refractivity contribution is 6.21. The molecule has 1 aromatic carbocycles. The number of carbonyl (C=O) groups is 3. The minimum atomic E-state index is -0.598. The molecule has 0 fully saturated rings. The molecule has 0 atom stereocenters. The number of benzene rings is 1. The van der Waals surface area contributed by atoms with E-state index in [1.165, 1.54) is 0 Å². The number of hydrogen-bond acceptors (Lipinski definition) is 5. The van der Waals surface area contributed by atoms with Crippen LogP contribution in [0.15, 0.2) is 36.0 Å². The number of hydrogen-bond donors (Lipinski definition) is 1. The lowest BCUT2D eigenvalue weighted by Gasteiger charge is -2.14. The Morgan fingerprint density at radius 3 is 2.24 bits per heavy atom. The molecule has 2 N–H and O–H groups in total. The summed E-state index contributed by atoms with van der Waals surface area (Å²) in [4.78, 5) is 36.7. The SMILES string of the molecule is CC(C)OC(=O)C=C(N)CN1C(=O)c2ccccc2C1=O. The Morgan fingerprint density at radius 1 is 1.24 bits per heavy atom. The molecule has 1 heterocycles. The van der Waals surface area contributed by atoms with E-state index < -0.39 is 17.8 Å². The number of nitrogens with two attached hydrogens (primary N) is 1. The molecule has 0 saturated heterocycles. The van der Waals surface area contributed by atoms with Crippen molar-refractivity contribution < 1.29 is 19.1 Å². The van der Waals surface area contributed by atoms with Crippen LogP contribution in [0.5, 0.6) is 0 Å². The molecular formula is C15H16N2O4. The van der Waals surface area contributed by atoms with Crippen LogP contribution in [0.2, 0.25) is 0 Å². The number of esters is 1. The summed E-state index contributed by atoms with van der Waals surface area (Å²) in [5, 5.41) is 0. The fraction of sp³-hybridized carbons (Fsp3) is 0.267. The van der Waals surface area contributed by atoms with Gasteiger partial charge in [-0.1, -0.05) is 12.1 Å². The van der Waals surface area contributed by atoms with Crippen LogP contribution in [0.25, 0.3) is 0 Å². The monoisotopic (exact) mass is 288 g/mol. The average Bonchev–Trinajstić information content (AvgIpc) is 2.63. The molecule has 0 radical (unpaired) electrons. The van der Waals surface area contributed by atoms with Gasteiger partial charge in [-0.25, -0.2) is 4.79 Å². The molecule has 1 aliphatic rings. The second kappa shape index (κ2) is 5.78. The molecule has 110 valence electrons. The molecule has 1 aliphatic heterocycles. The minimum Gasteiger partial charge on any atom is -0.460 e. The van der Waals surface area contributed by atoms with E-state index >= 15 is 0 Å². The smallest absolute Gasteiger partial charge is 0.332 e. The van der Waals surface area contributed by atoms with Crippen LogP contribution in [0.3, 0.4) is 0 Å². The zero-order valence-electron chi connectivity index (χ0n) is 11.8. The highest BCUT2D eigenvalue weighted by atomic mass is 16.5. The first-order chi connectivity index (χ1) is 9.90. The average molecular weight is 288 g/mol.